The highest BCUT2D eigenvalue weighted by atomic mass is 14.2. The molecule has 0 fully saturated rings. The topological polar surface area (TPSA) is 0 Å². The summed E-state index contributed by atoms with van der Waals surface area (Å²) in [7, 11) is 0. The summed E-state index contributed by atoms with van der Waals surface area (Å²) in [5.74, 6) is 0.483. The highest BCUT2D eigenvalue weighted by Gasteiger charge is 2.15. The molecule has 0 radical (unpaired) electrons. The summed E-state index contributed by atoms with van der Waals surface area (Å²) >= 11 is 0. The predicted octanol–water partition coefficient (Wildman–Crippen LogP) is 5.73. The van der Waals surface area contributed by atoms with E-state index in [0.717, 1.165) is 0 Å². The molecule has 20 heavy (non-hydrogen) atoms. The lowest BCUT2D eigenvalue weighted by Crippen LogP contribution is -2.02. The summed E-state index contributed by atoms with van der Waals surface area (Å²) in [6.45, 7) is 2.33. The number of allylic oxidation sites excluding steroid dienone is 4. The van der Waals surface area contributed by atoms with E-state index >= 15 is 0 Å². The fourth-order valence-electron chi connectivity index (χ4n) is 2.94. The fourth-order valence-corrected chi connectivity index (χ4v) is 2.94. The summed E-state index contributed by atoms with van der Waals surface area (Å²) in [5.41, 5.74) is 5.63. The normalized spacial score (nSPS) is 15.8. The molecule has 100 valence electrons. The first-order valence-corrected chi connectivity index (χ1v) is 7.36. The Morgan fingerprint density at radius 2 is 1.65 bits per heavy atom. The van der Waals surface area contributed by atoms with E-state index in [1.165, 1.54) is 35.1 Å². The zero-order valence-electron chi connectivity index (χ0n) is 11.9. The third-order valence-electron chi connectivity index (χ3n) is 4.11. The average molecular weight is 260 g/mol. The van der Waals surface area contributed by atoms with Crippen molar-refractivity contribution in [1.82, 2.24) is 0 Å². The van der Waals surface area contributed by atoms with Crippen molar-refractivity contribution in [2.45, 2.75) is 25.7 Å². The van der Waals surface area contributed by atoms with E-state index in [1.807, 2.05) is 0 Å². The van der Waals surface area contributed by atoms with E-state index in [-0.39, 0.29) is 0 Å². The summed E-state index contributed by atoms with van der Waals surface area (Å²) in [4.78, 5) is 0. The molecule has 1 atom stereocenters. The molecular weight excluding hydrogens is 240 g/mol. The van der Waals surface area contributed by atoms with Crippen molar-refractivity contribution in [3.63, 3.8) is 0 Å². The Kier molecular flexibility index (Phi) is 3.83. The minimum Gasteiger partial charge on any atom is -0.0842 e. The van der Waals surface area contributed by atoms with Gasteiger partial charge in [0.2, 0.25) is 0 Å². The second kappa shape index (κ2) is 5.92. The molecule has 0 amide bonds. The molecule has 0 aromatic heterocycles. The first-order chi connectivity index (χ1) is 9.86. The first-order valence-electron chi connectivity index (χ1n) is 7.36. The highest BCUT2D eigenvalue weighted by molar-refractivity contribution is 5.68. The maximum Gasteiger partial charge on any atom is 0.00291 e. The van der Waals surface area contributed by atoms with Crippen LogP contribution in [-0.2, 0) is 0 Å². The van der Waals surface area contributed by atoms with Crippen molar-refractivity contribution in [2.75, 3.05) is 0 Å². The Bertz CT molecular complexity index is 632. The number of rotatable bonds is 3. The SMILES string of the molecule is CC(C1=CC=CCC1)c1ccccc1-c1ccccc1. The number of hydrogen-bond acceptors (Lipinski definition) is 0. The highest BCUT2D eigenvalue weighted by Crippen LogP contribution is 2.35. The molecule has 0 bridgehead atoms. The Labute approximate surface area is 121 Å². The third kappa shape index (κ3) is 2.60. The molecule has 0 aliphatic heterocycles. The summed E-state index contributed by atoms with van der Waals surface area (Å²) in [6.07, 6.45) is 9.08. The Hall–Kier alpha value is -2.08. The summed E-state index contributed by atoms with van der Waals surface area (Å²) < 4.78 is 0. The van der Waals surface area contributed by atoms with Gasteiger partial charge in [-0.2, -0.15) is 0 Å². The van der Waals surface area contributed by atoms with Gasteiger partial charge >= 0.3 is 0 Å². The van der Waals surface area contributed by atoms with E-state index in [9.17, 15) is 0 Å². The standard InChI is InChI=1S/C20H20/c1-16(17-10-4-2-5-11-17)19-14-8-9-15-20(19)18-12-6-3-7-13-18/h2-4,6-10,12-16H,5,11H2,1H3. The summed E-state index contributed by atoms with van der Waals surface area (Å²) in [6, 6.07) is 19.5. The molecule has 0 heteroatoms. The smallest absolute Gasteiger partial charge is 0.00291 e. The maximum absolute atomic E-state index is 2.33. The Balaban J connectivity index is 2.02. The Morgan fingerprint density at radius 1 is 0.900 bits per heavy atom. The van der Waals surface area contributed by atoms with Crippen molar-refractivity contribution < 1.29 is 0 Å². The summed E-state index contributed by atoms with van der Waals surface area (Å²) in [5, 5.41) is 0. The second-order valence-electron chi connectivity index (χ2n) is 5.38. The van der Waals surface area contributed by atoms with Gasteiger partial charge in [0.1, 0.15) is 0 Å². The zero-order chi connectivity index (χ0) is 13.8. The van der Waals surface area contributed by atoms with Crippen molar-refractivity contribution in [3.05, 3.63) is 84.0 Å². The van der Waals surface area contributed by atoms with Crippen LogP contribution in [0.3, 0.4) is 0 Å². The van der Waals surface area contributed by atoms with Crippen LogP contribution in [0.4, 0.5) is 0 Å². The van der Waals surface area contributed by atoms with Crippen LogP contribution in [0.2, 0.25) is 0 Å². The van der Waals surface area contributed by atoms with Gasteiger partial charge in [-0.3, -0.25) is 0 Å². The van der Waals surface area contributed by atoms with Crippen LogP contribution >= 0.6 is 0 Å². The minimum absolute atomic E-state index is 0.483. The molecular formula is C20H20. The van der Waals surface area contributed by atoms with Crippen molar-refractivity contribution in [2.24, 2.45) is 0 Å². The van der Waals surface area contributed by atoms with E-state index < -0.39 is 0 Å². The third-order valence-corrected chi connectivity index (χ3v) is 4.11. The van der Waals surface area contributed by atoms with Gasteiger partial charge in [-0.25, -0.2) is 0 Å². The van der Waals surface area contributed by atoms with Crippen LogP contribution in [0.15, 0.2) is 78.4 Å². The maximum atomic E-state index is 2.33. The average Bonchev–Trinajstić information content (AvgIpc) is 2.56. The molecule has 0 spiro atoms. The molecule has 0 saturated heterocycles. The van der Waals surface area contributed by atoms with E-state index in [0.29, 0.717) is 5.92 Å². The number of benzene rings is 2. The van der Waals surface area contributed by atoms with Crippen LogP contribution in [0.25, 0.3) is 11.1 Å². The molecule has 0 N–H and O–H groups in total. The lowest BCUT2D eigenvalue weighted by Gasteiger charge is -2.21. The first kappa shape index (κ1) is 12.9. The second-order valence-corrected chi connectivity index (χ2v) is 5.38. The van der Waals surface area contributed by atoms with Crippen molar-refractivity contribution in [1.29, 1.82) is 0 Å². The van der Waals surface area contributed by atoms with Gasteiger partial charge in [-0.1, -0.05) is 85.3 Å². The van der Waals surface area contributed by atoms with Crippen molar-refractivity contribution in [3.8, 4) is 11.1 Å². The van der Waals surface area contributed by atoms with E-state index in [4.69, 9.17) is 0 Å². The van der Waals surface area contributed by atoms with Gasteiger partial charge in [0.15, 0.2) is 0 Å². The molecule has 2 aromatic carbocycles. The van der Waals surface area contributed by atoms with Gasteiger partial charge in [-0.15, -0.1) is 0 Å². The van der Waals surface area contributed by atoms with Gasteiger partial charge < -0.3 is 0 Å². The predicted molar refractivity (Wildman–Crippen MR) is 86.8 cm³/mol. The van der Waals surface area contributed by atoms with Crippen LogP contribution in [0, 0.1) is 0 Å². The molecule has 0 heterocycles. The molecule has 0 saturated carbocycles. The van der Waals surface area contributed by atoms with Crippen LogP contribution < -0.4 is 0 Å². The lowest BCUT2D eigenvalue weighted by molar-refractivity contribution is 0.800. The van der Waals surface area contributed by atoms with Crippen LogP contribution in [0.5, 0.6) is 0 Å². The zero-order valence-corrected chi connectivity index (χ0v) is 11.9. The minimum atomic E-state index is 0.483. The molecule has 0 nitrogen and oxygen atoms in total. The van der Waals surface area contributed by atoms with E-state index in [2.05, 4.69) is 79.7 Å². The van der Waals surface area contributed by atoms with Gasteiger partial charge in [0.05, 0.1) is 0 Å². The number of hydrogen-bond donors (Lipinski definition) is 0. The largest absolute Gasteiger partial charge is 0.0842 e. The molecule has 2 aromatic rings. The molecule has 1 aliphatic rings. The van der Waals surface area contributed by atoms with Gasteiger partial charge in [0, 0.05) is 5.92 Å². The molecule has 1 aliphatic carbocycles. The lowest BCUT2D eigenvalue weighted by atomic mass is 9.84. The van der Waals surface area contributed by atoms with Crippen LogP contribution in [-0.4, -0.2) is 0 Å². The quantitative estimate of drug-likeness (QED) is 0.660. The van der Waals surface area contributed by atoms with Gasteiger partial charge in [0.25, 0.3) is 0 Å². The van der Waals surface area contributed by atoms with E-state index in [1.54, 1.807) is 0 Å². The van der Waals surface area contributed by atoms with Crippen molar-refractivity contribution >= 4 is 0 Å². The monoisotopic (exact) mass is 260 g/mol. The molecule has 1 unspecified atom stereocenters. The van der Waals surface area contributed by atoms with Crippen LogP contribution in [0.1, 0.15) is 31.2 Å². The molecule has 3 rings (SSSR count). The Morgan fingerprint density at radius 3 is 2.40 bits per heavy atom. The fraction of sp³-hybridized carbons (Fsp3) is 0.200. The van der Waals surface area contributed by atoms with Gasteiger partial charge in [-0.05, 0) is 29.5 Å².